The smallest absolute Gasteiger partial charge is 0.243 e. The number of benzene rings is 3. The van der Waals surface area contributed by atoms with Crippen molar-refractivity contribution >= 4 is 33.8 Å². The van der Waals surface area contributed by atoms with Crippen LogP contribution in [0.25, 0.3) is 0 Å². The van der Waals surface area contributed by atoms with E-state index in [2.05, 4.69) is 5.32 Å². The maximum Gasteiger partial charge on any atom is 0.243 e. The van der Waals surface area contributed by atoms with E-state index in [1.54, 1.807) is 54.6 Å². The van der Waals surface area contributed by atoms with Crippen LogP contribution in [0.2, 0.25) is 5.02 Å². The van der Waals surface area contributed by atoms with E-state index in [9.17, 15) is 18.0 Å². The van der Waals surface area contributed by atoms with Gasteiger partial charge in [0, 0.05) is 23.7 Å². The van der Waals surface area contributed by atoms with Gasteiger partial charge in [0.2, 0.25) is 15.9 Å². The maximum absolute atomic E-state index is 13.4. The number of aryl methyl sites for hydroxylation is 1. The molecule has 3 rings (SSSR count). The Kier molecular flexibility index (Phi) is 8.02. The van der Waals surface area contributed by atoms with Crippen LogP contribution >= 0.6 is 11.6 Å². The number of nitrogens with one attached hydrogen (secondary N) is 1. The number of rotatable bonds is 9. The van der Waals surface area contributed by atoms with E-state index >= 15 is 0 Å². The molecule has 0 saturated heterocycles. The molecule has 0 saturated carbocycles. The van der Waals surface area contributed by atoms with Crippen molar-refractivity contribution in [3.05, 3.63) is 99.6 Å². The Morgan fingerprint density at radius 1 is 1.03 bits per heavy atom. The molecule has 3 aromatic rings. The van der Waals surface area contributed by atoms with Crippen molar-refractivity contribution in [2.24, 2.45) is 0 Å². The zero-order valence-electron chi connectivity index (χ0n) is 18.4. The third-order valence-electron chi connectivity index (χ3n) is 5.28. The molecule has 0 spiro atoms. The summed E-state index contributed by atoms with van der Waals surface area (Å²) in [6.45, 7) is 3.49. The van der Waals surface area contributed by atoms with Gasteiger partial charge in [-0.05, 0) is 54.8 Å². The molecule has 1 N–H and O–H groups in total. The third-order valence-corrected chi connectivity index (χ3v) is 7.50. The van der Waals surface area contributed by atoms with Gasteiger partial charge < -0.3 is 5.32 Å². The summed E-state index contributed by atoms with van der Waals surface area (Å²) in [7, 11) is -3.95. The van der Waals surface area contributed by atoms with Gasteiger partial charge >= 0.3 is 0 Å². The zero-order valence-corrected chi connectivity index (χ0v) is 20.0. The zero-order chi connectivity index (χ0) is 24.0. The molecule has 0 aliphatic carbocycles. The Hall–Kier alpha value is -3.00. The van der Waals surface area contributed by atoms with Crippen LogP contribution in [0.15, 0.2) is 71.6 Å². The molecular formula is C25H25ClN2O4S. The summed E-state index contributed by atoms with van der Waals surface area (Å²) in [6.07, 6.45) is 0.731. The number of amides is 1. The molecule has 0 heterocycles. The molecule has 6 nitrogen and oxygen atoms in total. The van der Waals surface area contributed by atoms with Gasteiger partial charge in [-0.2, -0.15) is 4.31 Å². The molecule has 1 amide bonds. The number of aldehydes is 1. The highest BCUT2D eigenvalue weighted by molar-refractivity contribution is 7.89. The van der Waals surface area contributed by atoms with Crippen LogP contribution in [0.5, 0.6) is 0 Å². The second-order valence-electron chi connectivity index (χ2n) is 7.75. The number of sulfonamides is 1. The number of carbonyl (C=O) groups is 2. The molecule has 0 aliphatic rings. The number of hydrogen-bond donors (Lipinski definition) is 1. The standard InChI is InChI=1S/C25H25ClN2O4S/c1-18-9-11-23(12-10-18)33(31,32)28(15-22-7-4-8-24(26)19(22)2)16-25(30)27-14-20-5-3-6-21(13-20)17-29/h3-13,17H,14-16H2,1-2H3,(H,27,30). The summed E-state index contributed by atoms with van der Waals surface area (Å²) < 4.78 is 28.0. The Bertz CT molecular complexity index is 1260. The van der Waals surface area contributed by atoms with E-state index in [4.69, 9.17) is 11.6 Å². The Morgan fingerprint density at radius 3 is 2.42 bits per heavy atom. The Balaban J connectivity index is 1.84. The largest absolute Gasteiger partial charge is 0.351 e. The van der Waals surface area contributed by atoms with Crippen molar-refractivity contribution < 1.29 is 18.0 Å². The highest BCUT2D eigenvalue weighted by Crippen LogP contribution is 2.24. The van der Waals surface area contributed by atoms with E-state index in [1.807, 2.05) is 13.8 Å². The predicted octanol–water partition coefficient (Wildman–Crippen LogP) is 4.28. The van der Waals surface area contributed by atoms with Gasteiger partial charge in [-0.3, -0.25) is 9.59 Å². The fourth-order valence-corrected chi connectivity index (χ4v) is 4.86. The fraction of sp³-hybridized carbons (Fsp3) is 0.200. The number of hydrogen-bond acceptors (Lipinski definition) is 4. The fourth-order valence-electron chi connectivity index (χ4n) is 3.29. The van der Waals surface area contributed by atoms with Crippen molar-refractivity contribution in [1.29, 1.82) is 0 Å². The molecular weight excluding hydrogens is 460 g/mol. The number of carbonyl (C=O) groups excluding carboxylic acids is 2. The summed E-state index contributed by atoms with van der Waals surface area (Å²) >= 11 is 6.22. The average Bonchev–Trinajstić information content (AvgIpc) is 2.80. The minimum absolute atomic E-state index is 0.00332. The summed E-state index contributed by atoms with van der Waals surface area (Å²) in [6, 6.07) is 18.6. The molecule has 0 bridgehead atoms. The van der Waals surface area contributed by atoms with Crippen LogP contribution in [0.3, 0.4) is 0 Å². The molecule has 0 aromatic heterocycles. The van der Waals surface area contributed by atoms with Gasteiger partial charge in [0.15, 0.2) is 0 Å². The number of halogens is 1. The molecule has 0 atom stereocenters. The van der Waals surface area contributed by atoms with Crippen molar-refractivity contribution in [3.63, 3.8) is 0 Å². The molecule has 0 aliphatic heterocycles. The highest BCUT2D eigenvalue weighted by Gasteiger charge is 2.27. The first kappa shape index (κ1) is 24.6. The predicted molar refractivity (Wildman–Crippen MR) is 129 cm³/mol. The normalized spacial score (nSPS) is 11.4. The van der Waals surface area contributed by atoms with Crippen LogP contribution in [0.4, 0.5) is 0 Å². The van der Waals surface area contributed by atoms with E-state index < -0.39 is 15.9 Å². The minimum atomic E-state index is -3.95. The van der Waals surface area contributed by atoms with Crippen LogP contribution in [-0.4, -0.2) is 31.5 Å². The van der Waals surface area contributed by atoms with Crippen molar-refractivity contribution in [1.82, 2.24) is 9.62 Å². The van der Waals surface area contributed by atoms with Crippen LogP contribution in [0, 0.1) is 13.8 Å². The van der Waals surface area contributed by atoms with Crippen molar-refractivity contribution in [2.45, 2.75) is 31.8 Å². The van der Waals surface area contributed by atoms with Crippen LogP contribution in [0.1, 0.15) is 32.6 Å². The topological polar surface area (TPSA) is 83.6 Å². The average molecular weight is 485 g/mol. The molecule has 33 heavy (non-hydrogen) atoms. The van der Waals surface area contributed by atoms with Gasteiger partial charge in [-0.15, -0.1) is 0 Å². The third kappa shape index (κ3) is 6.28. The van der Waals surface area contributed by atoms with Crippen LogP contribution in [-0.2, 0) is 27.9 Å². The molecule has 0 unspecified atom stereocenters. The second-order valence-corrected chi connectivity index (χ2v) is 10.1. The van der Waals surface area contributed by atoms with Crippen molar-refractivity contribution in [3.8, 4) is 0 Å². The molecule has 8 heteroatoms. The molecule has 172 valence electrons. The first-order valence-corrected chi connectivity index (χ1v) is 12.1. The van der Waals surface area contributed by atoms with E-state index in [0.29, 0.717) is 16.1 Å². The SMILES string of the molecule is Cc1ccc(S(=O)(=O)N(CC(=O)NCc2cccc(C=O)c2)Cc2cccc(Cl)c2C)cc1. The van der Waals surface area contributed by atoms with Gasteiger partial charge in [0.25, 0.3) is 0 Å². The lowest BCUT2D eigenvalue weighted by atomic mass is 10.1. The lowest BCUT2D eigenvalue weighted by Crippen LogP contribution is -2.40. The second kappa shape index (κ2) is 10.7. The van der Waals surface area contributed by atoms with Crippen LogP contribution < -0.4 is 5.32 Å². The lowest BCUT2D eigenvalue weighted by molar-refractivity contribution is -0.121. The molecule has 0 fully saturated rings. The summed E-state index contributed by atoms with van der Waals surface area (Å²) in [5.74, 6) is -0.457. The summed E-state index contributed by atoms with van der Waals surface area (Å²) in [5, 5.41) is 3.27. The lowest BCUT2D eigenvalue weighted by Gasteiger charge is -2.23. The minimum Gasteiger partial charge on any atom is -0.351 e. The highest BCUT2D eigenvalue weighted by atomic mass is 35.5. The van der Waals surface area contributed by atoms with E-state index in [1.165, 1.54) is 12.1 Å². The molecule has 0 radical (unpaired) electrons. The summed E-state index contributed by atoms with van der Waals surface area (Å²) in [4.78, 5) is 23.8. The summed E-state index contributed by atoms with van der Waals surface area (Å²) in [5.41, 5.74) is 3.65. The monoisotopic (exact) mass is 484 g/mol. The Labute approximate surface area is 199 Å². The maximum atomic E-state index is 13.4. The quantitative estimate of drug-likeness (QED) is 0.459. The first-order chi connectivity index (χ1) is 15.7. The molecule has 3 aromatic carbocycles. The van der Waals surface area contributed by atoms with Gasteiger partial charge in [0.1, 0.15) is 6.29 Å². The van der Waals surface area contributed by atoms with E-state index in [0.717, 1.165) is 27.3 Å². The van der Waals surface area contributed by atoms with Crippen molar-refractivity contribution in [2.75, 3.05) is 6.54 Å². The van der Waals surface area contributed by atoms with Gasteiger partial charge in [-0.25, -0.2) is 8.42 Å². The Morgan fingerprint density at radius 2 is 1.73 bits per heavy atom. The van der Waals surface area contributed by atoms with Gasteiger partial charge in [-0.1, -0.05) is 59.6 Å². The first-order valence-electron chi connectivity index (χ1n) is 10.3. The number of nitrogens with zero attached hydrogens (tertiary/aromatic N) is 1. The van der Waals surface area contributed by atoms with Gasteiger partial charge in [0.05, 0.1) is 11.4 Å². The van der Waals surface area contributed by atoms with E-state index in [-0.39, 0.29) is 24.5 Å².